The van der Waals surface area contributed by atoms with Crippen molar-refractivity contribution in [2.45, 2.75) is 64.3 Å². The number of nitrogens with zero attached hydrogens (tertiary/aromatic N) is 1. The molecular weight excluding hydrogens is 200 g/mol. The van der Waals surface area contributed by atoms with Crippen LogP contribution in [0, 0.1) is 0 Å². The van der Waals surface area contributed by atoms with Crippen LogP contribution in [0.3, 0.4) is 0 Å². The molecule has 0 amide bonds. The highest BCUT2D eigenvalue weighted by Gasteiger charge is 2.31. The monoisotopic (exact) mass is 226 g/mol. The fourth-order valence-corrected chi connectivity index (χ4v) is 3.03. The van der Waals surface area contributed by atoms with Gasteiger partial charge in [-0.3, -0.25) is 4.90 Å². The van der Waals surface area contributed by atoms with Gasteiger partial charge in [-0.25, -0.2) is 0 Å². The molecule has 3 nitrogen and oxygen atoms in total. The van der Waals surface area contributed by atoms with Crippen molar-refractivity contribution in [3.05, 3.63) is 0 Å². The minimum absolute atomic E-state index is 0.454. The van der Waals surface area contributed by atoms with Gasteiger partial charge in [0.15, 0.2) is 0 Å². The standard InChI is InChI=1S/C13H26N2O/c1-10(2)14-12-4-6-15(9-12)13-5-7-16-11(3)8-13/h10-14H,4-9H2,1-3H3. The Hall–Kier alpha value is -0.120. The summed E-state index contributed by atoms with van der Waals surface area (Å²) >= 11 is 0. The molecule has 16 heavy (non-hydrogen) atoms. The van der Waals surface area contributed by atoms with Crippen molar-refractivity contribution >= 4 is 0 Å². The van der Waals surface area contributed by atoms with E-state index in [1.165, 1.54) is 32.4 Å². The molecule has 2 heterocycles. The Labute approximate surface area is 99.5 Å². The van der Waals surface area contributed by atoms with E-state index in [9.17, 15) is 0 Å². The molecule has 3 heteroatoms. The van der Waals surface area contributed by atoms with E-state index in [2.05, 4.69) is 31.0 Å². The first kappa shape index (κ1) is 12.3. The largest absolute Gasteiger partial charge is 0.378 e. The van der Waals surface area contributed by atoms with E-state index >= 15 is 0 Å². The van der Waals surface area contributed by atoms with Gasteiger partial charge in [-0.05, 0) is 26.2 Å². The lowest BCUT2D eigenvalue weighted by atomic mass is 10.0. The predicted octanol–water partition coefficient (Wildman–Crippen LogP) is 1.63. The van der Waals surface area contributed by atoms with E-state index in [1.807, 2.05) is 0 Å². The molecule has 3 atom stereocenters. The summed E-state index contributed by atoms with van der Waals surface area (Å²) in [6, 6.07) is 2.08. The molecule has 0 spiro atoms. The number of likely N-dealkylation sites (tertiary alicyclic amines) is 1. The Bertz CT molecular complexity index is 220. The molecule has 0 aromatic rings. The molecule has 2 aliphatic rings. The van der Waals surface area contributed by atoms with Crippen molar-refractivity contribution < 1.29 is 4.74 Å². The molecule has 3 unspecified atom stereocenters. The molecule has 2 aliphatic heterocycles. The average molecular weight is 226 g/mol. The third kappa shape index (κ3) is 3.19. The predicted molar refractivity (Wildman–Crippen MR) is 66.7 cm³/mol. The van der Waals surface area contributed by atoms with E-state index in [1.54, 1.807) is 0 Å². The number of nitrogens with one attached hydrogen (secondary N) is 1. The van der Waals surface area contributed by atoms with Gasteiger partial charge in [-0.2, -0.15) is 0 Å². The average Bonchev–Trinajstić information content (AvgIpc) is 2.65. The normalized spacial score (nSPS) is 37.1. The van der Waals surface area contributed by atoms with Crippen LogP contribution in [-0.2, 0) is 4.74 Å². The van der Waals surface area contributed by atoms with Gasteiger partial charge in [0, 0.05) is 37.8 Å². The maximum absolute atomic E-state index is 5.62. The SMILES string of the molecule is CC(C)NC1CCN(C2CCOC(C)C2)C1. The van der Waals surface area contributed by atoms with E-state index in [0.717, 1.165) is 12.6 Å². The molecule has 0 aromatic carbocycles. The third-order valence-electron chi connectivity index (χ3n) is 3.76. The van der Waals surface area contributed by atoms with Crippen molar-refractivity contribution in [1.82, 2.24) is 10.2 Å². The highest BCUT2D eigenvalue weighted by molar-refractivity contribution is 4.88. The second-order valence-corrected chi connectivity index (χ2v) is 5.66. The summed E-state index contributed by atoms with van der Waals surface area (Å²) in [4.78, 5) is 2.67. The van der Waals surface area contributed by atoms with Gasteiger partial charge in [-0.1, -0.05) is 13.8 Å². The van der Waals surface area contributed by atoms with Gasteiger partial charge in [0.25, 0.3) is 0 Å². The van der Waals surface area contributed by atoms with Gasteiger partial charge >= 0.3 is 0 Å². The maximum Gasteiger partial charge on any atom is 0.0561 e. The quantitative estimate of drug-likeness (QED) is 0.791. The van der Waals surface area contributed by atoms with E-state index in [4.69, 9.17) is 4.74 Å². The minimum atomic E-state index is 0.454. The Morgan fingerprint density at radius 2 is 2.12 bits per heavy atom. The number of hydrogen-bond acceptors (Lipinski definition) is 3. The van der Waals surface area contributed by atoms with E-state index < -0.39 is 0 Å². The molecule has 2 rings (SSSR count). The van der Waals surface area contributed by atoms with Crippen LogP contribution in [0.15, 0.2) is 0 Å². The Balaban J connectivity index is 1.79. The Morgan fingerprint density at radius 1 is 1.31 bits per heavy atom. The zero-order valence-corrected chi connectivity index (χ0v) is 10.9. The van der Waals surface area contributed by atoms with Crippen LogP contribution in [0.1, 0.15) is 40.0 Å². The fourth-order valence-electron chi connectivity index (χ4n) is 3.03. The Morgan fingerprint density at radius 3 is 2.81 bits per heavy atom. The van der Waals surface area contributed by atoms with Crippen molar-refractivity contribution in [1.29, 1.82) is 0 Å². The number of hydrogen-bond donors (Lipinski definition) is 1. The van der Waals surface area contributed by atoms with E-state index in [0.29, 0.717) is 18.2 Å². The molecule has 0 bridgehead atoms. The van der Waals surface area contributed by atoms with Gasteiger partial charge in [-0.15, -0.1) is 0 Å². The molecule has 2 saturated heterocycles. The summed E-state index contributed by atoms with van der Waals surface area (Å²) in [6.07, 6.45) is 4.20. The zero-order valence-electron chi connectivity index (χ0n) is 10.9. The lowest BCUT2D eigenvalue weighted by molar-refractivity contribution is -0.0126. The summed E-state index contributed by atoms with van der Waals surface area (Å²) in [7, 11) is 0. The van der Waals surface area contributed by atoms with Crippen molar-refractivity contribution in [2.24, 2.45) is 0 Å². The van der Waals surface area contributed by atoms with Crippen LogP contribution in [-0.4, -0.2) is 48.8 Å². The third-order valence-corrected chi connectivity index (χ3v) is 3.76. The van der Waals surface area contributed by atoms with Crippen molar-refractivity contribution in [3.8, 4) is 0 Å². The highest BCUT2D eigenvalue weighted by atomic mass is 16.5. The summed E-state index contributed by atoms with van der Waals surface area (Å²) in [6.45, 7) is 10.1. The van der Waals surface area contributed by atoms with Gasteiger partial charge in [0.1, 0.15) is 0 Å². The fraction of sp³-hybridized carbons (Fsp3) is 1.00. The lowest BCUT2D eigenvalue weighted by Gasteiger charge is -2.34. The molecular formula is C13H26N2O. The van der Waals surface area contributed by atoms with Crippen LogP contribution in [0.25, 0.3) is 0 Å². The van der Waals surface area contributed by atoms with E-state index in [-0.39, 0.29) is 0 Å². The van der Waals surface area contributed by atoms with Crippen molar-refractivity contribution in [2.75, 3.05) is 19.7 Å². The molecule has 0 radical (unpaired) electrons. The molecule has 1 N–H and O–H groups in total. The number of rotatable bonds is 3. The number of ether oxygens (including phenoxy) is 1. The lowest BCUT2D eigenvalue weighted by Crippen LogP contribution is -2.43. The van der Waals surface area contributed by atoms with Crippen LogP contribution in [0.2, 0.25) is 0 Å². The molecule has 2 fully saturated rings. The molecule has 0 aromatic heterocycles. The first-order valence-electron chi connectivity index (χ1n) is 6.77. The van der Waals surface area contributed by atoms with Crippen LogP contribution in [0.5, 0.6) is 0 Å². The second-order valence-electron chi connectivity index (χ2n) is 5.66. The molecule has 94 valence electrons. The maximum atomic E-state index is 5.62. The van der Waals surface area contributed by atoms with Gasteiger partial charge < -0.3 is 10.1 Å². The molecule has 0 aliphatic carbocycles. The van der Waals surface area contributed by atoms with Crippen LogP contribution < -0.4 is 5.32 Å². The Kier molecular flexibility index (Phi) is 4.22. The summed E-state index contributed by atoms with van der Waals surface area (Å²) in [5, 5.41) is 3.65. The molecule has 0 saturated carbocycles. The topological polar surface area (TPSA) is 24.5 Å². The first-order valence-corrected chi connectivity index (χ1v) is 6.77. The first-order chi connectivity index (χ1) is 7.65. The summed E-state index contributed by atoms with van der Waals surface area (Å²) in [5.74, 6) is 0. The summed E-state index contributed by atoms with van der Waals surface area (Å²) < 4.78 is 5.62. The van der Waals surface area contributed by atoms with Gasteiger partial charge in [0.2, 0.25) is 0 Å². The highest BCUT2D eigenvalue weighted by Crippen LogP contribution is 2.23. The minimum Gasteiger partial charge on any atom is -0.378 e. The van der Waals surface area contributed by atoms with Crippen molar-refractivity contribution in [3.63, 3.8) is 0 Å². The second kappa shape index (κ2) is 5.48. The summed E-state index contributed by atoms with van der Waals surface area (Å²) in [5.41, 5.74) is 0. The van der Waals surface area contributed by atoms with Crippen LogP contribution in [0.4, 0.5) is 0 Å². The zero-order chi connectivity index (χ0) is 11.5. The van der Waals surface area contributed by atoms with Crippen LogP contribution >= 0.6 is 0 Å². The smallest absolute Gasteiger partial charge is 0.0561 e. The van der Waals surface area contributed by atoms with Gasteiger partial charge in [0.05, 0.1) is 6.10 Å².